The predicted octanol–water partition coefficient (Wildman–Crippen LogP) is 4.09. The Labute approximate surface area is 126 Å². The van der Waals surface area contributed by atoms with Crippen LogP contribution in [0.5, 0.6) is 5.75 Å². The number of hydrogen-bond acceptors (Lipinski definition) is 3. The van der Waals surface area contributed by atoms with Crippen LogP contribution in [-0.4, -0.2) is 11.8 Å². The summed E-state index contributed by atoms with van der Waals surface area (Å²) >= 11 is 0. The van der Waals surface area contributed by atoms with Crippen molar-refractivity contribution < 1.29 is 14.3 Å². The molecule has 0 spiro atoms. The molecule has 0 aliphatic heterocycles. The van der Waals surface area contributed by atoms with E-state index in [1.54, 1.807) is 12.1 Å². The first-order valence-corrected chi connectivity index (χ1v) is 7.65. The van der Waals surface area contributed by atoms with Crippen LogP contribution in [0.15, 0.2) is 24.3 Å². The number of carbonyl (C=O) groups excluding carboxylic acids is 2. The molecule has 0 saturated carbocycles. The molecule has 21 heavy (non-hydrogen) atoms. The fraction of sp³-hybridized carbons (Fsp3) is 0.444. The number of rotatable bonds is 6. The minimum atomic E-state index is -0.194. The maximum Gasteiger partial charge on any atom is 0.311 e. The third-order valence-electron chi connectivity index (χ3n) is 3.71. The lowest BCUT2D eigenvalue weighted by Crippen LogP contribution is -2.11. The minimum Gasteiger partial charge on any atom is -0.427 e. The summed E-state index contributed by atoms with van der Waals surface area (Å²) in [6.07, 6.45) is 6.75. The Kier molecular flexibility index (Phi) is 5.32. The first-order chi connectivity index (χ1) is 10.1. The summed E-state index contributed by atoms with van der Waals surface area (Å²) < 4.78 is 5.36. The second-order valence-corrected chi connectivity index (χ2v) is 5.57. The predicted molar refractivity (Wildman–Crippen MR) is 83.2 cm³/mol. The van der Waals surface area contributed by atoms with Gasteiger partial charge in [0.15, 0.2) is 5.78 Å². The SMILES string of the molecule is CCCCCCC(=O)Oc1ccc2c(c1)CC(=O)C=C2C. The summed E-state index contributed by atoms with van der Waals surface area (Å²) in [6.45, 7) is 4.07. The quantitative estimate of drug-likeness (QED) is 0.449. The van der Waals surface area contributed by atoms with Gasteiger partial charge in [-0.25, -0.2) is 0 Å². The van der Waals surface area contributed by atoms with E-state index in [2.05, 4.69) is 6.92 Å². The van der Waals surface area contributed by atoms with Gasteiger partial charge in [-0.3, -0.25) is 9.59 Å². The van der Waals surface area contributed by atoms with E-state index in [0.29, 0.717) is 18.6 Å². The van der Waals surface area contributed by atoms with E-state index in [4.69, 9.17) is 4.74 Å². The molecule has 0 saturated heterocycles. The van der Waals surface area contributed by atoms with Gasteiger partial charge in [-0.15, -0.1) is 0 Å². The van der Waals surface area contributed by atoms with Crippen LogP contribution >= 0.6 is 0 Å². The maximum absolute atomic E-state index is 11.8. The second kappa shape index (κ2) is 7.21. The Balaban J connectivity index is 1.96. The summed E-state index contributed by atoms with van der Waals surface area (Å²) in [5.41, 5.74) is 2.98. The molecule has 1 aliphatic rings. The number of allylic oxidation sites excluding steroid dienone is 2. The number of hydrogen-bond donors (Lipinski definition) is 0. The topological polar surface area (TPSA) is 43.4 Å². The van der Waals surface area contributed by atoms with Crippen LogP contribution in [0.4, 0.5) is 0 Å². The maximum atomic E-state index is 11.8. The molecule has 0 aromatic heterocycles. The molecule has 2 rings (SSSR count). The van der Waals surface area contributed by atoms with Gasteiger partial charge in [0, 0.05) is 12.8 Å². The third-order valence-corrected chi connectivity index (χ3v) is 3.71. The highest BCUT2D eigenvalue weighted by Gasteiger charge is 2.16. The van der Waals surface area contributed by atoms with E-state index < -0.39 is 0 Å². The van der Waals surface area contributed by atoms with Gasteiger partial charge in [-0.2, -0.15) is 0 Å². The zero-order chi connectivity index (χ0) is 15.2. The van der Waals surface area contributed by atoms with Crippen LogP contribution in [0.2, 0.25) is 0 Å². The zero-order valence-corrected chi connectivity index (χ0v) is 12.8. The van der Waals surface area contributed by atoms with Crippen molar-refractivity contribution >= 4 is 17.3 Å². The van der Waals surface area contributed by atoms with E-state index in [1.165, 1.54) is 0 Å². The van der Waals surface area contributed by atoms with Crippen molar-refractivity contribution in [3.05, 3.63) is 35.4 Å². The Morgan fingerprint density at radius 2 is 2.05 bits per heavy atom. The fourth-order valence-corrected chi connectivity index (χ4v) is 2.60. The summed E-state index contributed by atoms with van der Waals surface area (Å²) in [5, 5.41) is 0. The van der Waals surface area contributed by atoms with Gasteiger partial charge in [0.25, 0.3) is 0 Å². The molecule has 0 N–H and O–H groups in total. The Morgan fingerprint density at radius 1 is 1.24 bits per heavy atom. The molecule has 3 heteroatoms. The fourth-order valence-electron chi connectivity index (χ4n) is 2.60. The summed E-state index contributed by atoms with van der Waals surface area (Å²) in [5.74, 6) is 0.445. The molecule has 0 fully saturated rings. The molecule has 0 unspecified atom stereocenters. The van der Waals surface area contributed by atoms with Crippen LogP contribution in [0.25, 0.3) is 5.57 Å². The Morgan fingerprint density at radius 3 is 2.81 bits per heavy atom. The number of esters is 1. The van der Waals surface area contributed by atoms with Crippen molar-refractivity contribution in [2.75, 3.05) is 0 Å². The highest BCUT2D eigenvalue weighted by molar-refractivity contribution is 6.01. The Hall–Kier alpha value is -1.90. The van der Waals surface area contributed by atoms with E-state index in [-0.39, 0.29) is 11.8 Å². The van der Waals surface area contributed by atoms with Crippen LogP contribution < -0.4 is 4.74 Å². The van der Waals surface area contributed by atoms with Crippen molar-refractivity contribution in [1.29, 1.82) is 0 Å². The highest BCUT2D eigenvalue weighted by Crippen LogP contribution is 2.28. The molecule has 0 amide bonds. The van der Waals surface area contributed by atoms with Gasteiger partial charge in [0.05, 0.1) is 0 Å². The van der Waals surface area contributed by atoms with Gasteiger partial charge in [-0.05, 0) is 48.3 Å². The average molecular weight is 286 g/mol. The molecule has 0 atom stereocenters. The largest absolute Gasteiger partial charge is 0.427 e. The van der Waals surface area contributed by atoms with Crippen LogP contribution in [-0.2, 0) is 16.0 Å². The van der Waals surface area contributed by atoms with Crippen molar-refractivity contribution in [2.24, 2.45) is 0 Å². The first kappa shape index (κ1) is 15.5. The smallest absolute Gasteiger partial charge is 0.311 e. The average Bonchev–Trinajstić information content (AvgIpc) is 2.43. The molecule has 1 aromatic rings. The van der Waals surface area contributed by atoms with E-state index in [9.17, 15) is 9.59 Å². The van der Waals surface area contributed by atoms with Crippen LogP contribution in [0, 0.1) is 0 Å². The summed E-state index contributed by atoms with van der Waals surface area (Å²) in [7, 11) is 0. The third kappa shape index (κ3) is 4.28. The lowest BCUT2D eigenvalue weighted by Gasteiger charge is -2.15. The number of benzene rings is 1. The second-order valence-electron chi connectivity index (χ2n) is 5.57. The van der Waals surface area contributed by atoms with Gasteiger partial charge in [0.1, 0.15) is 5.75 Å². The standard InChI is InChI=1S/C18H22O3/c1-3-4-5-6-7-18(20)21-16-8-9-17-13(2)10-15(19)11-14(17)12-16/h8-10,12H,3-7,11H2,1-2H3. The monoisotopic (exact) mass is 286 g/mol. The van der Waals surface area contributed by atoms with E-state index in [1.807, 2.05) is 19.1 Å². The molecule has 1 aliphatic carbocycles. The lowest BCUT2D eigenvalue weighted by atomic mass is 9.91. The number of unbranched alkanes of at least 4 members (excludes halogenated alkanes) is 3. The van der Waals surface area contributed by atoms with Crippen LogP contribution in [0.3, 0.4) is 0 Å². The summed E-state index contributed by atoms with van der Waals surface area (Å²) in [4.78, 5) is 23.4. The molecule has 0 heterocycles. The van der Waals surface area contributed by atoms with Crippen LogP contribution in [0.1, 0.15) is 57.1 Å². The van der Waals surface area contributed by atoms with Gasteiger partial charge in [0.2, 0.25) is 0 Å². The zero-order valence-electron chi connectivity index (χ0n) is 12.8. The number of fused-ring (bicyclic) bond motifs is 1. The molecule has 0 radical (unpaired) electrons. The number of carbonyl (C=O) groups is 2. The van der Waals surface area contributed by atoms with E-state index >= 15 is 0 Å². The van der Waals surface area contributed by atoms with Crippen molar-refractivity contribution in [2.45, 2.75) is 52.4 Å². The lowest BCUT2D eigenvalue weighted by molar-refractivity contribution is -0.134. The minimum absolute atomic E-state index is 0.100. The van der Waals surface area contributed by atoms with E-state index in [0.717, 1.165) is 42.4 Å². The molecule has 112 valence electrons. The van der Waals surface area contributed by atoms with Crippen molar-refractivity contribution in [3.8, 4) is 5.75 Å². The molecule has 1 aromatic carbocycles. The van der Waals surface area contributed by atoms with Crippen molar-refractivity contribution in [1.82, 2.24) is 0 Å². The molecular weight excluding hydrogens is 264 g/mol. The molecule has 0 bridgehead atoms. The molecular formula is C18H22O3. The van der Waals surface area contributed by atoms with Gasteiger partial charge in [-0.1, -0.05) is 32.3 Å². The van der Waals surface area contributed by atoms with Crippen molar-refractivity contribution in [3.63, 3.8) is 0 Å². The van der Waals surface area contributed by atoms with Gasteiger partial charge < -0.3 is 4.74 Å². The first-order valence-electron chi connectivity index (χ1n) is 7.65. The summed E-state index contributed by atoms with van der Waals surface area (Å²) in [6, 6.07) is 5.54. The van der Waals surface area contributed by atoms with Gasteiger partial charge >= 0.3 is 5.97 Å². The normalized spacial score (nSPS) is 13.6. The highest BCUT2D eigenvalue weighted by atomic mass is 16.5. The Bertz CT molecular complexity index is 570. The number of ether oxygens (including phenoxy) is 1. The molecule has 3 nitrogen and oxygen atoms in total. The number of ketones is 1.